The molecule has 0 radical (unpaired) electrons. The molecule has 1 aromatic heterocycles. The Morgan fingerprint density at radius 3 is 2.57 bits per heavy atom. The van der Waals surface area contributed by atoms with Gasteiger partial charge < -0.3 is 15.7 Å². The van der Waals surface area contributed by atoms with Crippen LogP contribution in [0.25, 0.3) is 0 Å². The van der Waals surface area contributed by atoms with Gasteiger partial charge in [-0.15, -0.1) is 0 Å². The van der Waals surface area contributed by atoms with Crippen molar-refractivity contribution in [2.45, 2.75) is 26.7 Å². The molecule has 0 fully saturated rings. The van der Waals surface area contributed by atoms with E-state index in [2.05, 4.69) is 17.1 Å². The molecule has 1 aromatic carbocycles. The van der Waals surface area contributed by atoms with Gasteiger partial charge in [0, 0.05) is 5.69 Å². The van der Waals surface area contributed by atoms with Gasteiger partial charge in [-0.25, -0.2) is 4.98 Å². The SMILES string of the molecule is CCCc1ccc(Oc2nc(C)ccc2C(N)=NO)cc1. The Labute approximate surface area is 124 Å². The van der Waals surface area contributed by atoms with Crippen molar-refractivity contribution < 1.29 is 9.94 Å². The normalized spacial score (nSPS) is 11.4. The minimum absolute atomic E-state index is 0.0277. The summed E-state index contributed by atoms with van der Waals surface area (Å²) in [6.07, 6.45) is 2.14. The molecule has 0 aliphatic carbocycles. The maximum atomic E-state index is 8.82. The van der Waals surface area contributed by atoms with Crippen LogP contribution in [0.1, 0.15) is 30.2 Å². The van der Waals surface area contributed by atoms with Crippen LogP contribution in [0.15, 0.2) is 41.6 Å². The molecule has 5 nitrogen and oxygen atoms in total. The maximum absolute atomic E-state index is 8.82. The highest BCUT2D eigenvalue weighted by molar-refractivity contribution is 5.99. The number of benzene rings is 1. The minimum Gasteiger partial charge on any atom is -0.438 e. The van der Waals surface area contributed by atoms with E-state index in [4.69, 9.17) is 15.7 Å². The molecule has 5 heteroatoms. The second-order valence-electron chi connectivity index (χ2n) is 4.79. The van der Waals surface area contributed by atoms with E-state index in [-0.39, 0.29) is 5.84 Å². The predicted molar refractivity (Wildman–Crippen MR) is 82.0 cm³/mol. The average Bonchev–Trinajstić information content (AvgIpc) is 2.49. The van der Waals surface area contributed by atoms with Crippen molar-refractivity contribution in [1.29, 1.82) is 0 Å². The standard InChI is InChI=1S/C16H19N3O2/c1-3-4-12-6-8-13(9-7-12)21-16-14(15(17)19-20)10-5-11(2)18-16/h5-10,20H,3-4H2,1-2H3,(H2,17,19). The zero-order valence-corrected chi connectivity index (χ0v) is 12.2. The summed E-state index contributed by atoms with van der Waals surface area (Å²) < 4.78 is 5.76. The van der Waals surface area contributed by atoms with Gasteiger partial charge in [0.05, 0.1) is 5.56 Å². The lowest BCUT2D eigenvalue weighted by Crippen LogP contribution is -2.15. The lowest BCUT2D eigenvalue weighted by Gasteiger charge is -2.10. The zero-order chi connectivity index (χ0) is 15.2. The highest BCUT2D eigenvalue weighted by Gasteiger charge is 2.11. The Bertz CT molecular complexity index is 636. The molecule has 0 saturated heterocycles. The molecule has 0 aliphatic rings. The van der Waals surface area contributed by atoms with Gasteiger partial charge in [0.15, 0.2) is 5.84 Å². The van der Waals surface area contributed by atoms with Crippen molar-refractivity contribution in [3.05, 3.63) is 53.2 Å². The van der Waals surface area contributed by atoms with Gasteiger partial charge in [-0.2, -0.15) is 0 Å². The average molecular weight is 285 g/mol. The van der Waals surface area contributed by atoms with Gasteiger partial charge in [0.1, 0.15) is 5.75 Å². The van der Waals surface area contributed by atoms with Crippen LogP contribution >= 0.6 is 0 Å². The van der Waals surface area contributed by atoms with Gasteiger partial charge in [0.2, 0.25) is 5.88 Å². The van der Waals surface area contributed by atoms with Crippen LogP contribution in [0.4, 0.5) is 0 Å². The lowest BCUT2D eigenvalue weighted by atomic mass is 10.1. The fourth-order valence-electron chi connectivity index (χ4n) is 1.98. The van der Waals surface area contributed by atoms with Crippen molar-refractivity contribution in [3.63, 3.8) is 0 Å². The first-order valence-electron chi connectivity index (χ1n) is 6.86. The zero-order valence-electron chi connectivity index (χ0n) is 12.2. The second kappa shape index (κ2) is 6.74. The van der Waals surface area contributed by atoms with E-state index in [0.29, 0.717) is 17.2 Å². The Balaban J connectivity index is 2.28. The summed E-state index contributed by atoms with van der Waals surface area (Å²) in [5.74, 6) is 0.966. The molecule has 0 spiro atoms. The molecule has 0 amide bonds. The van der Waals surface area contributed by atoms with E-state index in [0.717, 1.165) is 18.5 Å². The number of rotatable bonds is 5. The maximum Gasteiger partial charge on any atom is 0.230 e. The van der Waals surface area contributed by atoms with E-state index in [1.165, 1.54) is 5.56 Å². The summed E-state index contributed by atoms with van der Waals surface area (Å²) in [6, 6.07) is 11.3. The molecular weight excluding hydrogens is 266 g/mol. The number of aryl methyl sites for hydroxylation is 2. The predicted octanol–water partition coefficient (Wildman–Crippen LogP) is 3.23. The number of aromatic nitrogens is 1. The Morgan fingerprint density at radius 1 is 1.24 bits per heavy atom. The number of nitrogens with zero attached hydrogens (tertiary/aromatic N) is 2. The summed E-state index contributed by atoms with van der Waals surface area (Å²) in [4.78, 5) is 4.30. The van der Waals surface area contributed by atoms with Gasteiger partial charge >= 0.3 is 0 Å². The summed E-state index contributed by atoms with van der Waals surface area (Å²) in [5.41, 5.74) is 8.16. The smallest absolute Gasteiger partial charge is 0.230 e. The Kier molecular flexibility index (Phi) is 4.77. The van der Waals surface area contributed by atoms with E-state index in [1.807, 2.05) is 31.2 Å². The summed E-state index contributed by atoms with van der Waals surface area (Å²) in [6.45, 7) is 4.00. The summed E-state index contributed by atoms with van der Waals surface area (Å²) in [7, 11) is 0. The minimum atomic E-state index is -0.0277. The Morgan fingerprint density at radius 2 is 1.95 bits per heavy atom. The molecule has 2 rings (SSSR count). The molecular formula is C16H19N3O2. The van der Waals surface area contributed by atoms with E-state index >= 15 is 0 Å². The van der Waals surface area contributed by atoms with Crippen LogP contribution in [-0.4, -0.2) is 16.0 Å². The van der Waals surface area contributed by atoms with E-state index in [9.17, 15) is 0 Å². The van der Waals surface area contributed by atoms with Crippen LogP contribution in [0.2, 0.25) is 0 Å². The number of amidine groups is 1. The van der Waals surface area contributed by atoms with Crippen molar-refractivity contribution in [3.8, 4) is 11.6 Å². The van der Waals surface area contributed by atoms with Gasteiger partial charge in [0.25, 0.3) is 0 Å². The third kappa shape index (κ3) is 3.72. The fourth-order valence-corrected chi connectivity index (χ4v) is 1.98. The van der Waals surface area contributed by atoms with Crippen molar-refractivity contribution in [2.24, 2.45) is 10.9 Å². The van der Waals surface area contributed by atoms with Gasteiger partial charge in [-0.3, -0.25) is 0 Å². The van der Waals surface area contributed by atoms with Crippen LogP contribution in [0.5, 0.6) is 11.6 Å². The van der Waals surface area contributed by atoms with Gasteiger partial charge in [-0.1, -0.05) is 30.6 Å². The van der Waals surface area contributed by atoms with Crippen LogP contribution in [0.3, 0.4) is 0 Å². The third-order valence-corrected chi connectivity index (χ3v) is 3.06. The Hall–Kier alpha value is -2.56. The topological polar surface area (TPSA) is 80.7 Å². The largest absolute Gasteiger partial charge is 0.438 e. The molecule has 0 aliphatic heterocycles. The monoisotopic (exact) mass is 285 g/mol. The lowest BCUT2D eigenvalue weighted by molar-refractivity contribution is 0.318. The van der Waals surface area contributed by atoms with Crippen molar-refractivity contribution in [2.75, 3.05) is 0 Å². The molecule has 3 N–H and O–H groups in total. The molecule has 2 aromatic rings. The molecule has 0 atom stereocenters. The van der Waals surface area contributed by atoms with Crippen LogP contribution in [-0.2, 0) is 6.42 Å². The number of ether oxygens (including phenoxy) is 1. The number of hydrogen-bond donors (Lipinski definition) is 2. The number of oxime groups is 1. The summed E-state index contributed by atoms with van der Waals surface area (Å²) >= 11 is 0. The molecule has 0 bridgehead atoms. The van der Waals surface area contributed by atoms with Crippen molar-refractivity contribution >= 4 is 5.84 Å². The third-order valence-electron chi connectivity index (χ3n) is 3.06. The first kappa shape index (κ1) is 14.8. The quantitative estimate of drug-likeness (QED) is 0.382. The highest BCUT2D eigenvalue weighted by atomic mass is 16.5. The summed E-state index contributed by atoms with van der Waals surface area (Å²) in [5, 5.41) is 11.8. The number of nitrogens with two attached hydrogens (primary N) is 1. The van der Waals surface area contributed by atoms with E-state index in [1.54, 1.807) is 12.1 Å². The van der Waals surface area contributed by atoms with Crippen LogP contribution in [0, 0.1) is 6.92 Å². The van der Waals surface area contributed by atoms with Gasteiger partial charge in [-0.05, 0) is 43.2 Å². The first-order chi connectivity index (χ1) is 10.1. The number of pyridine rings is 1. The fraction of sp³-hybridized carbons (Fsp3) is 0.250. The number of hydrogen-bond acceptors (Lipinski definition) is 4. The first-order valence-corrected chi connectivity index (χ1v) is 6.86. The van der Waals surface area contributed by atoms with E-state index < -0.39 is 0 Å². The highest BCUT2D eigenvalue weighted by Crippen LogP contribution is 2.24. The molecule has 21 heavy (non-hydrogen) atoms. The molecule has 110 valence electrons. The van der Waals surface area contributed by atoms with Crippen LogP contribution < -0.4 is 10.5 Å². The molecule has 1 heterocycles. The second-order valence-corrected chi connectivity index (χ2v) is 4.79. The molecule has 0 unspecified atom stereocenters. The molecule has 0 saturated carbocycles. The van der Waals surface area contributed by atoms with Crippen molar-refractivity contribution in [1.82, 2.24) is 4.98 Å².